The normalized spacial score (nSPS) is 23.8. The third-order valence-corrected chi connectivity index (χ3v) is 3.78. The number of methoxy groups -OCH3 is 2. The smallest absolute Gasteiger partial charge is 0.186 e. The zero-order valence-corrected chi connectivity index (χ0v) is 10.3. The summed E-state index contributed by atoms with van der Waals surface area (Å²) in [5.41, 5.74) is -2.02. The van der Waals surface area contributed by atoms with Crippen molar-refractivity contribution in [2.45, 2.75) is 50.9 Å². The second kappa shape index (κ2) is 5.13. The predicted molar refractivity (Wildman–Crippen MR) is 59.6 cm³/mol. The van der Waals surface area contributed by atoms with Gasteiger partial charge in [0.1, 0.15) is 5.60 Å². The number of nitriles is 1. The number of hydrogen-bond acceptors (Lipinski definition) is 4. The lowest BCUT2D eigenvalue weighted by molar-refractivity contribution is -0.245. The van der Waals surface area contributed by atoms with Crippen LogP contribution in [0.25, 0.3) is 0 Å². The standard InChI is InChI=1S/C12H21NO3/c1-11(14,10(15-2)16-3)12(9-13)7-5-4-6-8-12/h10,14H,4-8H2,1-3H3. The Morgan fingerprint density at radius 2 is 1.75 bits per heavy atom. The fraction of sp³-hybridized carbons (Fsp3) is 0.917. The summed E-state index contributed by atoms with van der Waals surface area (Å²) in [6.07, 6.45) is 3.74. The third kappa shape index (κ3) is 2.08. The van der Waals surface area contributed by atoms with Crippen molar-refractivity contribution in [3.63, 3.8) is 0 Å². The van der Waals surface area contributed by atoms with E-state index in [1.165, 1.54) is 14.2 Å². The Morgan fingerprint density at radius 1 is 1.25 bits per heavy atom. The van der Waals surface area contributed by atoms with Gasteiger partial charge in [-0.05, 0) is 19.8 Å². The minimum atomic E-state index is -1.27. The molecule has 4 nitrogen and oxygen atoms in total. The maximum Gasteiger partial charge on any atom is 0.186 e. The number of rotatable bonds is 4. The van der Waals surface area contributed by atoms with E-state index in [2.05, 4.69) is 6.07 Å². The first kappa shape index (κ1) is 13.4. The van der Waals surface area contributed by atoms with Crippen LogP contribution in [-0.2, 0) is 9.47 Å². The van der Waals surface area contributed by atoms with Crippen LogP contribution in [0.3, 0.4) is 0 Å². The highest BCUT2D eigenvalue weighted by Crippen LogP contribution is 2.46. The van der Waals surface area contributed by atoms with E-state index in [0.29, 0.717) is 12.8 Å². The van der Waals surface area contributed by atoms with Crippen molar-refractivity contribution in [1.29, 1.82) is 5.26 Å². The fourth-order valence-electron chi connectivity index (χ4n) is 2.67. The zero-order chi connectivity index (χ0) is 12.2. The molecule has 1 rings (SSSR count). The van der Waals surface area contributed by atoms with Gasteiger partial charge in [-0.15, -0.1) is 0 Å². The summed E-state index contributed by atoms with van der Waals surface area (Å²) in [6.45, 7) is 1.64. The van der Waals surface area contributed by atoms with Crippen LogP contribution in [0.15, 0.2) is 0 Å². The maximum atomic E-state index is 10.6. The van der Waals surface area contributed by atoms with Gasteiger partial charge >= 0.3 is 0 Å². The molecular weight excluding hydrogens is 206 g/mol. The van der Waals surface area contributed by atoms with Crippen LogP contribution in [0, 0.1) is 16.7 Å². The molecule has 0 aliphatic heterocycles. The zero-order valence-electron chi connectivity index (χ0n) is 10.3. The minimum Gasteiger partial charge on any atom is -0.383 e. The second-order valence-electron chi connectivity index (χ2n) is 4.71. The van der Waals surface area contributed by atoms with Crippen molar-refractivity contribution in [1.82, 2.24) is 0 Å². The van der Waals surface area contributed by atoms with E-state index < -0.39 is 17.3 Å². The Labute approximate surface area is 97.2 Å². The molecule has 0 aromatic rings. The number of nitrogens with zero attached hydrogens (tertiary/aromatic N) is 1. The first-order chi connectivity index (χ1) is 7.54. The highest BCUT2D eigenvalue weighted by atomic mass is 16.7. The van der Waals surface area contributed by atoms with E-state index in [9.17, 15) is 10.4 Å². The molecule has 4 heteroatoms. The van der Waals surface area contributed by atoms with E-state index in [1.54, 1.807) is 6.92 Å². The van der Waals surface area contributed by atoms with Gasteiger partial charge < -0.3 is 14.6 Å². The van der Waals surface area contributed by atoms with Crippen LogP contribution in [-0.4, -0.2) is 31.2 Å². The summed E-state index contributed by atoms with van der Waals surface area (Å²) in [5, 5.41) is 20.0. The molecule has 0 bridgehead atoms. The molecule has 1 N–H and O–H groups in total. The summed E-state index contributed by atoms with van der Waals surface area (Å²) in [6, 6.07) is 2.30. The summed E-state index contributed by atoms with van der Waals surface area (Å²) in [5.74, 6) is 0. The lowest BCUT2D eigenvalue weighted by Crippen LogP contribution is -2.55. The largest absolute Gasteiger partial charge is 0.383 e. The summed E-state index contributed by atoms with van der Waals surface area (Å²) in [4.78, 5) is 0. The van der Waals surface area contributed by atoms with Gasteiger partial charge in [0.25, 0.3) is 0 Å². The molecule has 0 saturated heterocycles. The van der Waals surface area contributed by atoms with Gasteiger partial charge in [-0.3, -0.25) is 0 Å². The molecule has 1 aliphatic rings. The summed E-state index contributed by atoms with van der Waals surface area (Å²) in [7, 11) is 2.97. The third-order valence-electron chi connectivity index (χ3n) is 3.78. The van der Waals surface area contributed by atoms with Crippen LogP contribution in [0.2, 0.25) is 0 Å². The maximum absolute atomic E-state index is 10.6. The van der Waals surface area contributed by atoms with Crippen LogP contribution in [0.5, 0.6) is 0 Å². The molecule has 1 aliphatic carbocycles. The Morgan fingerprint density at radius 3 is 2.12 bits per heavy atom. The van der Waals surface area contributed by atoms with Gasteiger partial charge in [0, 0.05) is 14.2 Å². The van der Waals surface area contributed by atoms with Gasteiger partial charge in [0.2, 0.25) is 0 Å². The van der Waals surface area contributed by atoms with Crippen molar-refractivity contribution in [2.75, 3.05) is 14.2 Å². The molecule has 0 radical (unpaired) electrons. The summed E-state index contributed by atoms with van der Waals surface area (Å²) >= 11 is 0. The molecule has 1 unspecified atom stereocenters. The molecule has 1 fully saturated rings. The lowest BCUT2D eigenvalue weighted by Gasteiger charge is -2.45. The van der Waals surface area contributed by atoms with Gasteiger partial charge in [-0.25, -0.2) is 0 Å². The first-order valence-electron chi connectivity index (χ1n) is 5.73. The molecule has 1 atom stereocenters. The molecule has 16 heavy (non-hydrogen) atoms. The van der Waals surface area contributed by atoms with E-state index in [0.717, 1.165) is 19.3 Å². The van der Waals surface area contributed by atoms with Gasteiger partial charge in [-0.2, -0.15) is 5.26 Å². The van der Waals surface area contributed by atoms with Crippen molar-refractivity contribution < 1.29 is 14.6 Å². The monoisotopic (exact) mass is 227 g/mol. The van der Waals surface area contributed by atoms with Gasteiger partial charge in [0.15, 0.2) is 6.29 Å². The molecule has 0 heterocycles. The number of hydrogen-bond donors (Lipinski definition) is 1. The topological polar surface area (TPSA) is 62.5 Å². The van der Waals surface area contributed by atoms with Crippen LogP contribution in [0.1, 0.15) is 39.0 Å². The SMILES string of the molecule is COC(OC)C(C)(O)C1(C#N)CCCCC1. The summed E-state index contributed by atoms with van der Waals surface area (Å²) < 4.78 is 10.2. The van der Waals surface area contributed by atoms with Crippen molar-refractivity contribution >= 4 is 0 Å². The Kier molecular flexibility index (Phi) is 4.31. The highest BCUT2D eigenvalue weighted by Gasteiger charge is 2.53. The Bertz CT molecular complexity index is 260. The Hall–Kier alpha value is -0.630. The van der Waals surface area contributed by atoms with Crippen molar-refractivity contribution in [3.8, 4) is 6.07 Å². The molecule has 0 spiro atoms. The van der Waals surface area contributed by atoms with E-state index in [1.807, 2.05) is 0 Å². The molecule has 92 valence electrons. The molecular formula is C12H21NO3. The van der Waals surface area contributed by atoms with Crippen molar-refractivity contribution in [2.24, 2.45) is 5.41 Å². The predicted octanol–water partition coefficient (Wildman–Crippen LogP) is 1.83. The Balaban J connectivity index is 2.97. The quantitative estimate of drug-likeness (QED) is 0.744. The molecule has 0 amide bonds. The van der Waals surface area contributed by atoms with E-state index in [4.69, 9.17) is 9.47 Å². The van der Waals surface area contributed by atoms with E-state index >= 15 is 0 Å². The number of ether oxygens (including phenoxy) is 2. The highest BCUT2D eigenvalue weighted by molar-refractivity contribution is 5.12. The lowest BCUT2D eigenvalue weighted by atomic mass is 9.64. The average Bonchev–Trinajstić information content (AvgIpc) is 2.31. The van der Waals surface area contributed by atoms with Gasteiger partial charge in [-0.1, -0.05) is 19.3 Å². The molecule has 0 aromatic heterocycles. The van der Waals surface area contributed by atoms with Crippen molar-refractivity contribution in [3.05, 3.63) is 0 Å². The van der Waals surface area contributed by atoms with Crippen LogP contribution < -0.4 is 0 Å². The molecule has 0 aromatic carbocycles. The van der Waals surface area contributed by atoms with E-state index in [-0.39, 0.29) is 0 Å². The fourth-order valence-corrected chi connectivity index (χ4v) is 2.67. The average molecular weight is 227 g/mol. The molecule has 1 saturated carbocycles. The van der Waals surface area contributed by atoms with Crippen LogP contribution in [0.4, 0.5) is 0 Å². The minimum absolute atomic E-state index is 0.708. The second-order valence-corrected chi connectivity index (χ2v) is 4.71. The van der Waals surface area contributed by atoms with Gasteiger partial charge in [0.05, 0.1) is 11.5 Å². The van der Waals surface area contributed by atoms with Crippen LogP contribution >= 0.6 is 0 Å². The first-order valence-corrected chi connectivity index (χ1v) is 5.73. The number of aliphatic hydroxyl groups is 1.